The third kappa shape index (κ3) is 41.7. The average molecular weight is 779 g/mol. The van der Waals surface area contributed by atoms with E-state index in [9.17, 15) is 14.4 Å². The van der Waals surface area contributed by atoms with Crippen LogP contribution in [-0.4, -0.2) is 37.2 Å². The molecular formula is C50H82O6. The van der Waals surface area contributed by atoms with E-state index in [4.69, 9.17) is 14.2 Å². The van der Waals surface area contributed by atoms with Crippen LogP contribution in [0.4, 0.5) is 0 Å². The van der Waals surface area contributed by atoms with Crippen molar-refractivity contribution in [2.24, 2.45) is 0 Å². The van der Waals surface area contributed by atoms with Crippen molar-refractivity contribution in [2.45, 2.75) is 200 Å². The van der Waals surface area contributed by atoms with Gasteiger partial charge in [0, 0.05) is 19.3 Å². The molecule has 0 aliphatic heterocycles. The average Bonchev–Trinajstić information content (AvgIpc) is 3.19. The molecule has 1 atom stereocenters. The zero-order valence-electron chi connectivity index (χ0n) is 36.1. The van der Waals surface area contributed by atoms with E-state index in [2.05, 4.69) is 106 Å². The van der Waals surface area contributed by atoms with Crippen LogP contribution in [0.2, 0.25) is 0 Å². The molecule has 0 heterocycles. The van der Waals surface area contributed by atoms with Gasteiger partial charge in [-0.2, -0.15) is 0 Å². The Labute approximate surface area is 344 Å². The van der Waals surface area contributed by atoms with Crippen molar-refractivity contribution >= 4 is 17.9 Å². The van der Waals surface area contributed by atoms with Crippen LogP contribution in [0.25, 0.3) is 0 Å². The van der Waals surface area contributed by atoms with Crippen molar-refractivity contribution in [3.63, 3.8) is 0 Å². The Morgan fingerprint density at radius 1 is 0.375 bits per heavy atom. The molecule has 0 aliphatic rings. The predicted molar refractivity (Wildman–Crippen MR) is 237 cm³/mol. The van der Waals surface area contributed by atoms with E-state index < -0.39 is 6.10 Å². The van der Waals surface area contributed by atoms with Gasteiger partial charge in [0.2, 0.25) is 0 Å². The lowest BCUT2D eigenvalue weighted by atomic mass is 10.1. The van der Waals surface area contributed by atoms with Crippen LogP contribution in [0.1, 0.15) is 194 Å². The second-order valence-electron chi connectivity index (χ2n) is 14.5. The van der Waals surface area contributed by atoms with Gasteiger partial charge in [-0.3, -0.25) is 14.4 Å². The van der Waals surface area contributed by atoms with E-state index in [1.165, 1.54) is 44.9 Å². The Kier molecular flexibility index (Phi) is 41.6. The minimum Gasteiger partial charge on any atom is -0.462 e. The van der Waals surface area contributed by atoms with Gasteiger partial charge in [0.15, 0.2) is 6.10 Å². The Morgan fingerprint density at radius 2 is 0.696 bits per heavy atom. The highest BCUT2D eigenvalue weighted by Crippen LogP contribution is 2.13. The number of unbranched alkanes of at least 4 members (excludes halogenated alkanes) is 14. The maximum atomic E-state index is 12.7. The van der Waals surface area contributed by atoms with Crippen LogP contribution in [0, 0.1) is 0 Å². The van der Waals surface area contributed by atoms with Crippen LogP contribution in [0.3, 0.4) is 0 Å². The Balaban J connectivity index is 4.41. The lowest BCUT2D eigenvalue weighted by Gasteiger charge is -2.18. The van der Waals surface area contributed by atoms with E-state index >= 15 is 0 Å². The highest BCUT2D eigenvalue weighted by Gasteiger charge is 2.19. The summed E-state index contributed by atoms with van der Waals surface area (Å²) in [5, 5.41) is 0. The van der Waals surface area contributed by atoms with Crippen molar-refractivity contribution in [2.75, 3.05) is 13.2 Å². The summed E-state index contributed by atoms with van der Waals surface area (Å²) in [5.41, 5.74) is 0. The number of esters is 3. The standard InChI is InChI=1S/C50H82O6/c1-4-7-10-13-16-19-21-22-23-24-25-26-27-28-29-32-34-37-40-43-49(52)55-46-47(45-54-48(51)42-39-36-33-30-18-15-12-9-6-3)56-50(53)44-41-38-35-31-20-17-14-11-8-5-2/h7,9-10,12,16,18-19,22-23,25-26,28-30,47H,4-6,8,11,13-15,17,20-21,24,27,31-46H2,1-3H3/b10-7-,12-9-,19-16-,23-22-,26-25-,29-28-,30-18-. The molecular weight excluding hydrogens is 697 g/mol. The lowest BCUT2D eigenvalue weighted by molar-refractivity contribution is -0.167. The van der Waals surface area contributed by atoms with E-state index in [1.807, 2.05) is 0 Å². The zero-order valence-corrected chi connectivity index (χ0v) is 36.1. The molecule has 0 bridgehead atoms. The fourth-order valence-electron chi connectivity index (χ4n) is 5.80. The molecule has 0 rings (SSSR count). The van der Waals surface area contributed by atoms with Crippen LogP contribution in [0.5, 0.6) is 0 Å². The number of ether oxygens (including phenoxy) is 3. The fourth-order valence-corrected chi connectivity index (χ4v) is 5.80. The van der Waals surface area contributed by atoms with Gasteiger partial charge in [0.05, 0.1) is 0 Å². The van der Waals surface area contributed by atoms with Gasteiger partial charge < -0.3 is 14.2 Å². The van der Waals surface area contributed by atoms with Gasteiger partial charge in [-0.15, -0.1) is 0 Å². The quantitative estimate of drug-likeness (QED) is 0.0268. The molecule has 0 saturated heterocycles. The first kappa shape index (κ1) is 52.6. The summed E-state index contributed by atoms with van der Waals surface area (Å²) in [5.74, 6) is -0.980. The molecule has 1 unspecified atom stereocenters. The van der Waals surface area contributed by atoms with E-state index in [0.29, 0.717) is 19.3 Å². The predicted octanol–water partition coefficient (Wildman–Crippen LogP) is 14.5. The van der Waals surface area contributed by atoms with Gasteiger partial charge >= 0.3 is 17.9 Å². The molecule has 56 heavy (non-hydrogen) atoms. The van der Waals surface area contributed by atoms with Gasteiger partial charge in [-0.1, -0.05) is 170 Å². The summed E-state index contributed by atoms with van der Waals surface area (Å²) in [4.78, 5) is 37.6. The first-order chi connectivity index (χ1) is 27.5. The van der Waals surface area contributed by atoms with Crippen LogP contribution < -0.4 is 0 Å². The van der Waals surface area contributed by atoms with Crippen molar-refractivity contribution in [3.05, 3.63) is 85.1 Å². The van der Waals surface area contributed by atoms with Crippen molar-refractivity contribution in [1.82, 2.24) is 0 Å². The first-order valence-corrected chi connectivity index (χ1v) is 22.6. The van der Waals surface area contributed by atoms with Gasteiger partial charge in [-0.05, 0) is 89.9 Å². The Hall–Kier alpha value is -3.41. The third-order valence-electron chi connectivity index (χ3n) is 9.15. The van der Waals surface area contributed by atoms with Crippen LogP contribution in [-0.2, 0) is 28.6 Å². The van der Waals surface area contributed by atoms with Gasteiger partial charge in [0.1, 0.15) is 13.2 Å². The second-order valence-corrected chi connectivity index (χ2v) is 14.5. The molecule has 0 aliphatic carbocycles. The molecule has 0 aromatic carbocycles. The molecule has 6 nitrogen and oxygen atoms in total. The molecule has 0 N–H and O–H groups in total. The summed E-state index contributed by atoms with van der Waals surface area (Å²) in [6, 6.07) is 0. The Bertz CT molecular complexity index is 1120. The van der Waals surface area contributed by atoms with Crippen LogP contribution >= 0.6 is 0 Å². The molecule has 0 saturated carbocycles. The van der Waals surface area contributed by atoms with Crippen molar-refractivity contribution in [1.29, 1.82) is 0 Å². The van der Waals surface area contributed by atoms with Crippen LogP contribution in [0.15, 0.2) is 85.1 Å². The number of hydrogen-bond donors (Lipinski definition) is 0. The molecule has 0 aromatic rings. The van der Waals surface area contributed by atoms with Gasteiger partial charge in [-0.25, -0.2) is 0 Å². The number of rotatable bonds is 39. The number of carbonyl (C=O) groups excluding carboxylic acids is 3. The topological polar surface area (TPSA) is 78.9 Å². The van der Waals surface area contributed by atoms with Crippen molar-refractivity contribution in [3.8, 4) is 0 Å². The summed E-state index contributed by atoms with van der Waals surface area (Å²) in [6.45, 7) is 6.30. The zero-order chi connectivity index (χ0) is 40.8. The maximum Gasteiger partial charge on any atom is 0.306 e. The SMILES string of the molecule is CC/C=C\C/C=C\C/C=C\C/C=C\C/C=C\CCCCCC(=O)OCC(COC(=O)CCCC/C=C\C/C=C\CC)OC(=O)CCCCCCCCCCCC. The van der Waals surface area contributed by atoms with E-state index in [-0.39, 0.29) is 31.1 Å². The maximum absolute atomic E-state index is 12.7. The fraction of sp³-hybridized carbons (Fsp3) is 0.660. The normalized spacial score (nSPS) is 12.8. The molecule has 0 fully saturated rings. The van der Waals surface area contributed by atoms with Gasteiger partial charge in [0.25, 0.3) is 0 Å². The minimum atomic E-state index is -0.798. The molecule has 318 valence electrons. The minimum absolute atomic E-state index is 0.104. The molecule has 0 radical (unpaired) electrons. The van der Waals surface area contributed by atoms with E-state index in [0.717, 1.165) is 109 Å². The highest BCUT2D eigenvalue weighted by atomic mass is 16.6. The lowest BCUT2D eigenvalue weighted by Crippen LogP contribution is -2.30. The smallest absolute Gasteiger partial charge is 0.306 e. The number of carbonyl (C=O) groups is 3. The summed E-state index contributed by atoms with van der Waals surface area (Å²) >= 11 is 0. The summed E-state index contributed by atoms with van der Waals surface area (Å²) in [6.07, 6.45) is 55.8. The molecule has 0 amide bonds. The first-order valence-electron chi connectivity index (χ1n) is 22.6. The highest BCUT2D eigenvalue weighted by molar-refractivity contribution is 5.71. The van der Waals surface area contributed by atoms with E-state index in [1.54, 1.807) is 0 Å². The number of hydrogen-bond acceptors (Lipinski definition) is 6. The second kappa shape index (κ2) is 44.3. The molecule has 0 spiro atoms. The third-order valence-corrected chi connectivity index (χ3v) is 9.15. The molecule has 6 heteroatoms. The number of allylic oxidation sites excluding steroid dienone is 14. The monoisotopic (exact) mass is 779 g/mol. The summed E-state index contributed by atoms with van der Waals surface area (Å²) in [7, 11) is 0. The van der Waals surface area contributed by atoms with Crippen molar-refractivity contribution < 1.29 is 28.6 Å². The Morgan fingerprint density at radius 3 is 1.12 bits per heavy atom. The largest absolute Gasteiger partial charge is 0.462 e. The molecule has 0 aromatic heterocycles. The summed E-state index contributed by atoms with van der Waals surface area (Å²) < 4.78 is 16.6.